The van der Waals surface area contributed by atoms with E-state index in [0.717, 1.165) is 39.2 Å². The summed E-state index contributed by atoms with van der Waals surface area (Å²) >= 11 is 0. The predicted octanol–water partition coefficient (Wildman–Crippen LogP) is 5.57. The topological polar surface area (TPSA) is 33.1 Å². The molecule has 0 saturated carbocycles. The van der Waals surface area contributed by atoms with E-state index >= 15 is 0 Å². The third-order valence-corrected chi connectivity index (χ3v) is 4.43. The zero-order valence-electron chi connectivity index (χ0n) is 14.3. The molecule has 0 saturated heterocycles. The van der Waals surface area contributed by atoms with E-state index in [9.17, 15) is 5.11 Å². The van der Waals surface area contributed by atoms with Crippen molar-refractivity contribution in [2.45, 2.75) is 6.61 Å². The number of aromatic nitrogens is 1. The van der Waals surface area contributed by atoms with Crippen LogP contribution in [0.1, 0.15) is 5.56 Å². The molecule has 2 nitrogen and oxygen atoms in total. The molecule has 1 N–H and O–H groups in total. The molecule has 1 heterocycles. The number of rotatable bonds is 4. The highest BCUT2D eigenvalue weighted by atomic mass is 16.3. The van der Waals surface area contributed by atoms with Crippen LogP contribution in [-0.2, 0) is 6.61 Å². The zero-order valence-corrected chi connectivity index (χ0v) is 14.3. The summed E-state index contributed by atoms with van der Waals surface area (Å²) in [4.78, 5) is 4.89. The molecular weight excluding hydrogens is 318 g/mol. The molecule has 0 aliphatic heterocycles. The lowest BCUT2D eigenvalue weighted by Gasteiger charge is -2.10. The van der Waals surface area contributed by atoms with Gasteiger partial charge < -0.3 is 5.11 Å². The van der Waals surface area contributed by atoms with Gasteiger partial charge in [-0.15, -0.1) is 0 Å². The molecule has 3 aromatic carbocycles. The fraction of sp³-hybridized carbons (Fsp3) is 0.0417. The molecule has 4 aromatic rings. The van der Waals surface area contributed by atoms with Crippen LogP contribution in [-0.4, -0.2) is 10.1 Å². The van der Waals surface area contributed by atoms with Gasteiger partial charge in [-0.1, -0.05) is 84.9 Å². The normalized spacial score (nSPS) is 10.7. The van der Waals surface area contributed by atoms with Gasteiger partial charge in [0.2, 0.25) is 0 Å². The molecule has 0 spiro atoms. The van der Waals surface area contributed by atoms with Gasteiger partial charge in [0.25, 0.3) is 0 Å². The number of pyridine rings is 1. The summed E-state index contributed by atoms with van der Waals surface area (Å²) in [5, 5.41) is 9.27. The molecule has 1 aromatic heterocycles. The molecular formula is C24H19NO. The van der Waals surface area contributed by atoms with Gasteiger partial charge in [0.1, 0.15) is 0 Å². The van der Waals surface area contributed by atoms with Crippen LogP contribution in [0.2, 0.25) is 0 Å². The Labute approximate surface area is 153 Å². The molecule has 126 valence electrons. The number of nitrogens with zero attached hydrogens (tertiary/aromatic N) is 1. The zero-order chi connectivity index (χ0) is 17.8. The Morgan fingerprint density at radius 2 is 1.04 bits per heavy atom. The second kappa shape index (κ2) is 7.34. The Balaban J connectivity index is 1.87. The van der Waals surface area contributed by atoms with Crippen LogP contribution >= 0.6 is 0 Å². The van der Waals surface area contributed by atoms with Crippen molar-refractivity contribution in [3.05, 3.63) is 103 Å². The SMILES string of the molecule is OCc1ccc(-c2cc(-c3ccccc3)nc(-c3ccccc3)c2)cc1. The fourth-order valence-corrected chi connectivity index (χ4v) is 3.01. The highest BCUT2D eigenvalue weighted by Crippen LogP contribution is 2.30. The van der Waals surface area contributed by atoms with E-state index in [-0.39, 0.29) is 6.61 Å². The number of hydrogen-bond acceptors (Lipinski definition) is 2. The van der Waals surface area contributed by atoms with Crippen molar-refractivity contribution in [2.75, 3.05) is 0 Å². The molecule has 26 heavy (non-hydrogen) atoms. The summed E-state index contributed by atoms with van der Waals surface area (Å²) in [5.74, 6) is 0. The number of hydrogen-bond donors (Lipinski definition) is 1. The number of aliphatic hydroxyl groups is 1. The first-order valence-electron chi connectivity index (χ1n) is 8.66. The van der Waals surface area contributed by atoms with Crippen LogP contribution in [0.5, 0.6) is 0 Å². The first-order valence-corrected chi connectivity index (χ1v) is 8.66. The first-order chi connectivity index (χ1) is 12.8. The number of aliphatic hydroxyl groups excluding tert-OH is 1. The lowest BCUT2D eigenvalue weighted by Crippen LogP contribution is -1.91. The largest absolute Gasteiger partial charge is 0.392 e. The summed E-state index contributed by atoms with van der Waals surface area (Å²) in [6.07, 6.45) is 0. The standard InChI is InChI=1S/C24H19NO/c26-17-18-11-13-19(14-12-18)22-15-23(20-7-3-1-4-8-20)25-24(16-22)21-9-5-2-6-10-21/h1-16,26H,17H2. The average molecular weight is 337 g/mol. The van der Waals surface area contributed by atoms with Crippen molar-refractivity contribution in [1.29, 1.82) is 0 Å². The van der Waals surface area contributed by atoms with Gasteiger partial charge in [-0.25, -0.2) is 4.98 Å². The molecule has 0 radical (unpaired) electrons. The van der Waals surface area contributed by atoms with E-state index in [1.54, 1.807) is 0 Å². The molecule has 0 aliphatic rings. The van der Waals surface area contributed by atoms with Crippen LogP contribution < -0.4 is 0 Å². The van der Waals surface area contributed by atoms with Crippen molar-refractivity contribution in [1.82, 2.24) is 4.98 Å². The van der Waals surface area contributed by atoms with Gasteiger partial charge in [-0.2, -0.15) is 0 Å². The highest BCUT2D eigenvalue weighted by molar-refractivity contribution is 5.76. The monoisotopic (exact) mass is 337 g/mol. The van der Waals surface area contributed by atoms with Gasteiger partial charge >= 0.3 is 0 Å². The van der Waals surface area contributed by atoms with Crippen LogP contribution in [0.4, 0.5) is 0 Å². The van der Waals surface area contributed by atoms with E-state index in [1.807, 2.05) is 60.7 Å². The van der Waals surface area contributed by atoms with Crippen LogP contribution in [0.25, 0.3) is 33.6 Å². The summed E-state index contributed by atoms with van der Waals surface area (Å²) < 4.78 is 0. The molecule has 0 bridgehead atoms. The predicted molar refractivity (Wildman–Crippen MR) is 106 cm³/mol. The smallest absolute Gasteiger partial charge is 0.0715 e. The van der Waals surface area contributed by atoms with E-state index < -0.39 is 0 Å². The highest BCUT2D eigenvalue weighted by Gasteiger charge is 2.08. The minimum Gasteiger partial charge on any atom is -0.392 e. The lowest BCUT2D eigenvalue weighted by molar-refractivity contribution is 0.282. The van der Waals surface area contributed by atoms with Gasteiger partial charge in [0, 0.05) is 11.1 Å². The summed E-state index contributed by atoms with van der Waals surface area (Å²) in [5.41, 5.74) is 7.23. The quantitative estimate of drug-likeness (QED) is 0.528. The van der Waals surface area contributed by atoms with Crippen LogP contribution in [0, 0.1) is 0 Å². The van der Waals surface area contributed by atoms with E-state index in [2.05, 4.69) is 36.4 Å². The van der Waals surface area contributed by atoms with E-state index in [0.29, 0.717) is 0 Å². The minimum atomic E-state index is 0.0567. The molecule has 0 aliphatic carbocycles. The third-order valence-electron chi connectivity index (χ3n) is 4.43. The minimum absolute atomic E-state index is 0.0567. The van der Waals surface area contributed by atoms with Crippen molar-refractivity contribution in [3.63, 3.8) is 0 Å². The summed E-state index contributed by atoms with van der Waals surface area (Å²) in [7, 11) is 0. The van der Waals surface area contributed by atoms with Crippen LogP contribution in [0.15, 0.2) is 97.1 Å². The first kappa shape index (κ1) is 16.2. The molecule has 0 atom stereocenters. The second-order valence-electron chi connectivity index (χ2n) is 6.21. The maximum atomic E-state index is 9.27. The van der Waals surface area contributed by atoms with Gasteiger partial charge in [0.15, 0.2) is 0 Å². The Morgan fingerprint density at radius 3 is 1.50 bits per heavy atom. The van der Waals surface area contributed by atoms with E-state index in [4.69, 9.17) is 4.98 Å². The van der Waals surface area contributed by atoms with Gasteiger partial charge in [-0.05, 0) is 28.8 Å². The summed E-state index contributed by atoms with van der Waals surface area (Å²) in [6.45, 7) is 0.0567. The van der Waals surface area contributed by atoms with Crippen molar-refractivity contribution in [3.8, 4) is 33.6 Å². The van der Waals surface area contributed by atoms with Crippen LogP contribution in [0.3, 0.4) is 0 Å². The van der Waals surface area contributed by atoms with Gasteiger partial charge in [-0.3, -0.25) is 0 Å². The van der Waals surface area contributed by atoms with E-state index in [1.165, 1.54) is 0 Å². The fourth-order valence-electron chi connectivity index (χ4n) is 3.01. The van der Waals surface area contributed by atoms with Crippen molar-refractivity contribution < 1.29 is 5.11 Å². The molecule has 2 heteroatoms. The molecule has 4 rings (SSSR count). The van der Waals surface area contributed by atoms with Crippen molar-refractivity contribution in [2.24, 2.45) is 0 Å². The number of benzene rings is 3. The lowest BCUT2D eigenvalue weighted by atomic mass is 9.99. The molecule has 0 amide bonds. The second-order valence-corrected chi connectivity index (χ2v) is 6.21. The maximum Gasteiger partial charge on any atom is 0.0715 e. The average Bonchev–Trinajstić information content (AvgIpc) is 2.75. The third kappa shape index (κ3) is 3.41. The Bertz CT molecular complexity index is 936. The Kier molecular flexibility index (Phi) is 4.59. The Morgan fingerprint density at radius 1 is 0.538 bits per heavy atom. The van der Waals surface area contributed by atoms with Gasteiger partial charge in [0.05, 0.1) is 18.0 Å². The molecule has 0 fully saturated rings. The maximum absolute atomic E-state index is 9.27. The Hall–Kier alpha value is -3.23. The summed E-state index contributed by atoms with van der Waals surface area (Å²) in [6, 6.07) is 32.7. The molecule has 0 unspecified atom stereocenters. The van der Waals surface area contributed by atoms with Crippen molar-refractivity contribution >= 4 is 0 Å².